The van der Waals surface area contributed by atoms with Gasteiger partial charge in [0, 0.05) is 11.1 Å². The number of hydrogen-bond acceptors (Lipinski definition) is 3. The summed E-state index contributed by atoms with van der Waals surface area (Å²) >= 11 is 0. The van der Waals surface area contributed by atoms with Crippen LogP contribution in [0.25, 0.3) is 11.1 Å². The Morgan fingerprint density at radius 1 is 1.05 bits per heavy atom. The molecular weight excluding hydrogens is 252 g/mol. The van der Waals surface area contributed by atoms with Crippen LogP contribution in [0.1, 0.15) is 29.1 Å². The van der Waals surface area contributed by atoms with Crippen molar-refractivity contribution in [3.63, 3.8) is 0 Å². The summed E-state index contributed by atoms with van der Waals surface area (Å²) in [5, 5.41) is 0. The van der Waals surface area contributed by atoms with Gasteiger partial charge in [-0.05, 0) is 24.1 Å². The van der Waals surface area contributed by atoms with Crippen molar-refractivity contribution >= 4 is 5.78 Å². The van der Waals surface area contributed by atoms with E-state index in [1.165, 1.54) is 0 Å². The first-order chi connectivity index (χ1) is 9.75. The third kappa shape index (κ3) is 2.50. The highest BCUT2D eigenvalue weighted by Gasteiger charge is 2.21. The molecule has 20 heavy (non-hydrogen) atoms. The quantitative estimate of drug-likeness (QED) is 0.798. The van der Waals surface area contributed by atoms with Gasteiger partial charge in [-0.1, -0.05) is 42.5 Å². The van der Waals surface area contributed by atoms with Gasteiger partial charge in [-0.15, -0.1) is 0 Å². The fourth-order valence-electron chi connectivity index (χ4n) is 2.41. The highest BCUT2D eigenvalue weighted by atomic mass is 16.7. The number of carbonyl (C=O) groups is 1. The van der Waals surface area contributed by atoms with E-state index >= 15 is 0 Å². The van der Waals surface area contributed by atoms with Gasteiger partial charge in [-0.3, -0.25) is 4.79 Å². The predicted molar refractivity (Wildman–Crippen MR) is 76.5 cm³/mol. The first-order valence-electron chi connectivity index (χ1n) is 6.69. The Morgan fingerprint density at radius 3 is 2.55 bits per heavy atom. The lowest BCUT2D eigenvalue weighted by Gasteiger charge is -2.15. The van der Waals surface area contributed by atoms with E-state index < -0.39 is 0 Å². The zero-order valence-electron chi connectivity index (χ0n) is 11.3. The van der Waals surface area contributed by atoms with Crippen molar-refractivity contribution in [2.45, 2.75) is 13.2 Å². The molecular formula is C17H16O3. The summed E-state index contributed by atoms with van der Waals surface area (Å²) in [6, 6.07) is 15.6. The minimum Gasteiger partial charge on any atom is -0.346 e. The number of benzene rings is 2. The number of carbonyl (C=O) groups excluding carboxylic acids is 1. The van der Waals surface area contributed by atoms with E-state index in [-0.39, 0.29) is 12.1 Å². The van der Waals surface area contributed by atoms with Gasteiger partial charge in [0.25, 0.3) is 0 Å². The molecule has 2 aromatic carbocycles. The lowest BCUT2D eigenvalue weighted by molar-refractivity contribution is -0.0436. The van der Waals surface area contributed by atoms with Crippen LogP contribution < -0.4 is 0 Å². The van der Waals surface area contributed by atoms with Crippen molar-refractivity contribution < 1.29 is 14.3 Å². The van der Waals surface area contributed by atoms with Crippen LogP contribution in [0.15, 0.2) is 48.5 Å². The van der Waals surface area contributed by atoms with Crippen molar-refractivity contribution in [3.8, 4) is 11.1 Å². The first-order valence-corrected chi connectivity index (χ1v) is 6.69. The van der Waals surface area contributed by atoms with E-state index in [2.05, 4.69) is 0 Å². The van der Waals surface area contributed by atoms with Crippen LogP contribution in [0, 0.1) is 0 Å². The molecule has 1 fully saturated rings. The summed E-state index contributed by atoms with van der Waals surface area (Å²) in [7, 11) is 0. The van der Waals surface area contributed by atoms with Crippen molar-refractivity contribution in [1.29, 1.82) is 0 Å². The summed E-state index contributed by atoms with van der Waals surface area (Å²) in [6.07, 6.45) is -0.313. The van der Waals surface area contributed by atoms with Gasteiger partial charge in [-0.25, -0.2) is 0 Å². The Hall–Kier alpha value is -1.97. The Labute approximate surface area is 118 Å². The minimum atomic E-state index is -0.313. The highest BCUT2D eigenvalue weighted by molar-refractivity contribution is 5.95. The summed E-state index contributed by atoms with van der Waals surface area (Å²) in [5.41, 5.74) is 3.77. The minimum absolute atomic E-state index is 0.0673. The average Bonchev–Trinajstić information content (AvgIpc) is 3.01. The molecule has 0 saturated carbocycles. The van der Waals surface area contributed by atoms with Gasteiger partial charge < -0.3 is 9.47 Å². The summed E-state index contributed by atoms with van der Waals surface area (Å²) in [6.45, 7) is 2.81. The maximum Gasteiger partial charge on any atom is 0.184 e. The zero-order chi connectivity index (χ0) is 13.9. The van der Waals surface area contributed by atoms with Crippen molar-refractivity contribution in [3.05, 3.63) is 59.7 Å². The summed E-state index contributed by atoms with van der Waals surface area (Å²) in [5.74, 6) is 0.0673. The lowest BCUT2D eigenvalue weighted by atomic mass is 9.97. The van der Waals surface area contributed by atoms with Crippen LogP contribution in [-0.2, 0) is 9.47 Å². The average molecular weight is 268 g/mol. The Balaban J connectivity index is 2.05. The molecule has 102 valence electrons. The topological polar surface area (TPSA) is 35.5 Å². The monoisotopic (exact) mass is 268 g/mol. The van der Waals surface area contributed by atoms with Gasteiger partial charge >= 0.3 is 0 Å². The van der Waals surface area contributed by atoms with Crippen LogP contribution in [0.2, 0.25) is 0 Å². The summed E-state index contributed by atoms with van der Waals surface area (Å²) in [4.78, 5) is 11.5. The molecule has 3 heteroatoms. The number of ether oxygens (including phenoxy) is 2. The zero-order valence-corrected chi connectivity index (χ0v) is 11.3. The van der Waals surface area contributed by atoms with E-state index in [1.54, 1.807) is 6.92 Å². The first kappa shape index (κ1) is 13.0. The number of ketones is 1. The molecule has 1 aliphatic rings. The SMILES string of the molecule is CC(=O)c1cccc(-c2ccccc2C2OCCO2)c1. The second-order valence-electron chi connectivity index (χ2n) is 4.80. The second kappa shape index (κ2) is 5.57. The standard InChI is InChI=1S/C17H16O3/c1-12(18)13-5-4-6-14(11-13)15-7-2-3-8-16(15)17-19-9-10-20-17/h2-8,11,17H,9-10H2,1H3. The van der Waals surface area contributed by atoms with Gasteiger partial charge in [0.15, 0.2) is 12.1 Å². The molecule has 1 heterocycles. The van der Waals surface area contributed by atoms with Crippen LogP contribution in [0.5, 0.6) is 0 Å². The van der Waals surface area contributed by atoms with E-state index in [4.69, 9.17) is 9.47 Å². The van der Waals surface area contributed by atoms with E-state index in [9.17, 15) is 4.79 Å². The molecule has 3 rings (SSSR count). The Bertz CT molecular complexity index is 628. The van der Waals surface area contributed by atoms with Gasteiger partial charge in [-0.2, -0.15) is 0 Å². The molecule has 1 saturated heterocycles. The smallest absolute Gasteiger partial charge is 0.184 e. The second-order valence-corrected chi connectivity index (χ2v) is 4.80. The molecule has 0 aliphatic carbocycles. The Kier molecular flexibility index (Phi) is 3.63. The number of hydrogen-bond donors (Lipinski definition) is 0. The molecule has 0 N–H and O–H groups in total. The normalized spacial score (nSPS) is 15.4. The van der Waals surface area contributed by atoms with Crippen molar-refractivity contribution in [2.24, 2.45) is 0 Å². The van der Waals surface area contributed by atoms with Crippen molar-refractivity contribution in [1.82, 2.24) is 0 Å². The van der Waals surface area contributed by atoms with Crippen LogP contribution in [-0.4, -0.2) is 19.0 Å². The molecule has 1 aliphatic heterocycles. The molecule has 0 amide bonds. The number of Topliss-reactive ketones (excluding diaryl/α,β-unsaturated/α-hetero) is 1. The lowest BCUT2D eigenvalue weighted by Crippen LogP contribution is -2.01. The highest BCUT2D eigenvalue weighted by Crippen LogP contribution is 2.33. The maximum absolute atomic E-state index is 11.5. The molecule has 0 atom stereocenters. The Morgan fingerprint density at radius 2 is 1.80 bits per heavy atom. The van der Waals surface area contributed by atoms with Crippen LogP contribution in [0.3, 0.4) is 0 Å². The molecule has 0 aromatic heterocycles. The van der Waals surface area contributed by atoms with E-state index in [0.29, 0.717) is 18.8 Å². The van der Waals surface area contributed by atoms with E-state index in [1.807, 2.05) is 48.5 Å². The van der Waals surface area contributed by atoms with Crippen LogP contribution in [0.4, 0.5) is 0 Å². The predicted octanol–water partition coefficient (Wildman–Crippen LogP) is 3.60. The molecule has 0 spiro atoms. The third-order valence-corrected chi connectivity index (χ3v) is 3.42. The van der Waals surface area contributed by atoms with Crippen LogP contribution >= 0.6 is 0 Å². The largest absolute Gasteiger partial charge is 0.346 e. The molecule has 0 unspecified atom stereocenters. The number of rotatable bonds is 3. The van der Waals surface area contributed by atoms with Gasteiger partial charge in [0.1, 0.15) is 0 Å². The molecule has 0 radical (unpaired) electrons. The maximum atomic E-state index is 11.5. The summed E-state index contributed by atoms with van der Waals surface area (Å²) < 4.78 is 11.2. The van der Waals surface area contributed by atoms with Gasteiger partial charge in [0.2, 0.25) is 0 Å². The molecule has 2 aromatic rings. The fourth-order valence-corrected chi connectivity index (χ4v) is 2.41. The van der Waals surface area contributed by atoms with Gasteiger partial charge in [0.05, 0.1) is 13.2 Å². The van der Waals surface area contributed by atoms with Crippen molar-refractivity contribution in [2.75, 3.05) is 13.2 Å². The third-order valence-electron chi connectivity index (χ3n) is 3.42. The fraction of sp³-hybridized carbons (Fsp3) is 0.235. The van der Waals surface area contributed by atoms with E-state index in [0.717, 1.165) is 16.7 Å². The molecule has 3 nitrogen and oxygen atoms in total. The molecule has 0 bridgehead atoms.